The Balaban J connectivity index is 0.00000101. The zero-order valence-corrected chi connectivity index (χ0v) is 23.8. The quantitative estimate of drug-likeness (QED) is 0.221. The molecule has 11 nitrogen and oxygen atoms in total. The Kier molecular flexibility index (Phi) is 14.2. The van der Waals surface area contributed by atoms with Crippen LogP contribution in [-0.4, -0.2) is 84.3 Å². The van der Waals surface area contributed by atoms with Crippen molar-refractivity contribution in [3.63, 3.8) is 0 Å². The fraction of sp³-hybridized carbons (Fsp3) is 0.458. The van der Waals surface area contributed by atoms with E-state index in [9.17, 15) is 30.0 Å². The maximum atomic E-state index is 11.3. The molecule has 0 atom stereocenters. The van der Waals surface area contributed by atoms with Gasteiger partial charge in [0, 0.05) is 24.5 Å². The number of nitrogens with two attached hydrogens (primary N) is 1. The summed E-state index contributed by atoms with van der Waals surface area (Å²) in [6.45, 7) is 3.64. The van der Waals surface area contributed by atoms with Crippen LogP contribution >= 0.6 is 0 Å². The molecule has 0 amide bonds. The lowest BCUT2D eigenvalue weighted by Crippen LogP contribution is -2.31. The van der Waals surface area contributed by atoms with E-state index in [1.165, 1.54) is 0 Å². The second-order valence-electron chi connectivity index (χ2n) is 8.71. The fourth-order valence-electron chi connectivity index (χ4n) is 3.18. The van der Waals surface area contributed by atoms with Crippen LogP contribution in [0.15, 0.2) is 48.5 Å². The van der Waals surface area contributed by atoms with Gasteiger partial charge in [-0.1, -0.05) is 12.1 Å². The third-order valence-electron chi connectivity index (χ3n) is 4.98. The lowest BCUT2D eigenvalue weighted by molar-refractivity contribution is -0.192. The fourth-order valence-corrected chi connectivity index (χ4v) is 4.31. The molecule has 0 saturated carbocycles. The summed E-state index contributed by atoms with van der Waals surface area (Å²) in [5.74, 6) is -2.09. The van der Waals surface area contributed by atoms with Gasteiger partial charge < -0.3 is 15.6 Å². The first-order valence-electron chi connectivity index (χ1n) is 12.0. The predicted octanol–water partition coefficient (Wildman–Crippen LogP) is 2.73. The summed E-state index contributed by atoms with van der Waals surface area (Å²) in [5, 5.41) is 7.12. The minimum Gasteiger partial charge on any atom is -0.492 e. The molecule has 0 unspecified atom stereocenters. The van der Waals surface area contributed by atoms with Gasteiger partial charge in [0.25, 0.3) is 0 Å². The predicted molar refractivity (Wildman–Crippen MR) is 147 cm³/mol. The van der Waals surface area contributed by atoms with Gasteiger partial charge in [-0.3, -0.25) is 14.3 Å². The molecule has 0 aromatic heterocycles. The Bertz CT molecular complexity index is 1260. The molecule has 16 heteroatoms. The van der Waals surface area contributed by atoms with Crippen LogP contribution in [0.4, 0.5) is 24.5 Å². The standard InChI is InChI=1S/C22H34N4O5S2.C2HF3O2/c1-32(27,28)24-20-7-5-19(6-8-20)13-16-26(15-4-3-14-23)17-18-31-22-11-9-21(10-12-22)25-33(2,29)30;3-2(4,5)1(6)7/h5-12,24-25H,3-4,13-18,23H2,1-2H3;(H,6,7). The van der Waals surface area contributed by atoms with Crippen LogP contribution in [0.3, 0.4) is 0 Å². The number of unbranched alkanes of at least 4 members (excludes halogenated alkanes) is 1. The van der Waals surface area contributed by atoms with Gasteiger partial charge in [-0.25, -0.2) is 21.6 Å². The van der Waals surface area contributed by atoms with Crippen LogP contribution in [0.5, 0.6) is 5.75 Å². The minimum atomic E-state index is -5.08. The van der Waals surface area contributed by atoms with Crippen LogP contribution in [0.2, 0.25) is 0 Å². The van der Waals surface area contributed by atoms with E-state index in [4.69, 9.17) is 20.4 Å². The van der Waals surface area contributed by atoms with Crippen molar-refractivity contribution in [3.8, 4) is 5.75 Å². The van der Waals surface area contributed by atoms with Crippen LogP contribution in [0.25, 0.3) is 0 Å². The number of ether oxygens (including phenoxy) is 1. The number of benzene rings is 2. The second-order valence-corrected chi connectivity index (χ2v) is 12.2. The molecule has 0 spiro atoms. The molecular weight excluding hydrogens is 577 g/mol. The highest BCUT2D eigenvalue weighted by atomic mass is 32.2. The second kappa shape index (κ2) is 16.2. The Labute approximate surface area is 232 Å². The number of carboxylic acids is 1. The molecule has 0 saturated heterocycles. The highest BCUT2D eigenvalue weighted by Crippen LogP contribution is 2.17. The lowest BCUT2D eigenvalue weighted by Gasteiger charge is -2.22. The summed E-state index contributed by atoms with van der Waals surface area (Å²) in [7, 11) is -6.59. The van der Waals surface area contributed by atoms with Crippen molar-refractivity contribution in [2.45, 2.75) is 25.4 Å². The van der Waals surface area contributed by atoms with E-state index in [1.807, 2.05) is 12.1 Å². The number of halogens is 3. The van der Waals surface area contributed by atoms with Crippen molar-refractivity contribution in [1.29, 1.82) is 0 Å². The first-order valence-corrected chi connectivity index (χ1v) is 15.8. The van der Waals surface area contributed by atoms with Gasteiger partial charge in [0.15, 0.2) is 0 Å². The molecule has 0 aliphatic carbocycles. The first-order chi connectivity index (χ1) is 18.5. The van der Waals surface area contributed by atoms with Crippen molar-refractivity contribution in [3.05, 3.63) is 54.1 Å². The van der Waals surface area contributed by atoms with Crippen LogP contribution < -0.4 is 19.9 Å². The van der Waals surface area contributed by atoms with Crippen LogP contribution in [0, 0.1) is 0 Å². The number of hydrogen-bond donors (Lipinski definition) is 4. The van der Waals surface area contributed by atoms with E-state index in [1.54, 1.807) is 36.4 Å². The van der Waals surface area contributed by atoms with E-state index in [2.05, 4.69) is 14.3 Å². The van der Waals surface area contributed by atoms with Crippen LogP contribution in [-0.2, 0) is 31.3 Å². The number of alkyl halides is 3. The maximum Gasteiger partial charge on any atom is 0.490 e. The summed E-state index contributed by atoms with van der Waals surface area (Å²) in [6.07, 6.45) is -0.0636. The number of carbonyl (C=O) groups is 1. The average Bonchev–Trinajstić information content (AvgIpc) is 2.82. The zero-order chi connectivity index (χ0) is 30.4. The molecule has 0 heterocycles. The number of rotatable bonds is 15. The lowest BCUT2D eigenvalue weighted by atomic mass is 10.1. The van der Waals surface area contributed by atoms with E-state index in [0.29, 0.717) is 30.3 Å². The summed E-state index contributed by atoms with van der Waals surface area (Å²) in [4.78, 5) is 11.2. The molecule has 2 rings (SSSR count). The van der Waals surface area contributed by atoms with Gasteiger partial charge in [-0.2, -0.15) is 13.2 Å². The molecule has 40 heavy (non-hydrogen) atoms. The Morgan fingerprint density at radius 1 is 0.875 bits per heavy atom. The Morgan fingerprint density at radius 3 is 1.77 bits per heavy atom. The molecule has 0 radical (unpaired) electrons. The van der Waals surface area contributed by atoms with Gasteiger partial charge in [-0.05, 0) is 74.3 Å². The summed E-state index contributed by atoms with van der Waals surface area (Å²) >= 11 is 0. The number of sulfonamides is 2. The molecule has 2 aromatic rings. The van der Waals surface area contributed by atoms with Crippen LogP contribution in [0.1, 0.15) is 18.4 Å². The smallest absolute Gasteiger partial charge is 0.490 e. The number of carboxylic acid groups (broad SMARTS) is 1. The molecule has 0 aliphatic rings. The molecule has 0 aliphatic heterocycles. The van der Waals surface area contributed by atoms with Gasteiger partial charge in [-0.15, -0.1) is 0 Å². The van der Waals surface area contributed by atoms with Crippen molar-refractivity contribution < 1.29 is 44.6 Å². The zero-order valence-electron chi connectivity index (χ0n) is 22.1. The highest BCUT2D eigenvalue weighted by Gasteiger charge is 2.38. The molecule has 0 bridgehead atoms. The number of nitrogens with zero attached hydrogens (tertiary/aromatic N) is 1. The molecular formula is C24H35F3N4O7S2. The normalized spacial score (nSPS) is 11.9. The average molecular weight is 613 g/mol. The summed E-state index contributed by atoms with van der Waals surface area (Å²) in [6, 6.07) is 14.2. The van der Waals surface area contributed by atoms with Gasteiger partial charge in [0.2, 0.25) is 20.0 Å². The summed E-state index contributed by atoms with van der Waals surface area (Å²) < 4.78 is 87.7. The minimum absolute atomic E-state index is 0.492. The topological polar surface area (TPSA) is 168 Å². The number of hydrogen-bond acceptors (Lipinski definition) is 8. The third-order valence-corrected chi connectivity index (χ3v) is 6.19. The molecule has 5 N–H and O–H groups in total. The Morgan fingerprint density at radius 2 is 1.35 bits per heavy atom. The van der Waals surface area contributed by atoms with Gasteiger partial charge >= 0.3 is 12.1 Å². The summed E-state index contributed by atoms with van der Waals surface area (Å²) in [5.41, 5.74) is 7.79. The van der Waals surface area contributed by atoms with E-state index in [-0.39, 0.29) is 0 Å². The number of anilines is 2. The van der Waals surface area contributed by atoms with Crippen molar-refractivity contribution in [2.75, 3.05) is 54.7 Å². The third kappa shape index (κ3) is 16.8. The first kappa shape index (κ1) is 34.9. The highest BCUT2D eigenvalue weighted by molar-refractivity contribution is 7.92. The number of aliphatic carboxylic acids is 1. The van der Waals surface area contributed by atoms with Crippen molar-refractivity contribution in [1.82, 2.24) is 4.90 Å². The molecule has 2 aromatic carbocycles. The van der Waals surface area contributed by atoms with Crippen molar-refractivity contribution >= 4 is 37.4 Å². The van der Waals surface area contributed by atoms with E-state index >= 15 is 0 Å². The van der Waals surface area contributed by atoms with E-state index < -0.39 is 32.2 Å². The molecule has 0 fully saturated rings. The van der Waals surface area contributed by atoms with E-state index in [0.717, 1.165) is 57.0 Å². The van der Waals surface area contributed by atoms with Gasteiger partial charge in [0.1, 0.15) is 12.4 Å². The largest absolute Gasteiger partial charge is 0.492 e. The SMILES string of the molecule is CS(=O)(=O)Nc1ccc(CCN(CCCCN)CCOc2ccc(NS(C)(=O)=O)cc2)cc1.O=C(O)C(F)(F)F. The van der Waals surface area contributed by atoms with Crippen molar-refractivity contribution in [2.24, 2.45) is 5.73 Å². The monoisotopic (exact) mass is 612 g/mol. The maximum absolute atomic E-state index is 11.3. The molecule has 226 valence electrons. The van der Waals surface area contributed by atoms with Gasteiger partial charge in [0.05, 0.1) is 12.5 Å². The number of nitrogens with one attached hydrogen (secondary N) is 2. The Hall–Kier alpha value is -3.08.